The van der Waals surface area contributed by atoms with Crippen molar-refractivity contribution < 1.29 is 0 Å². The van der Waals surface area contributed by atoms with Crippen LogP contribution in [0.4, 0.5) is 0 Å². The van der Waals surface area contributed by atoms with Crippen molar-refractivity contribution in [2.24, 2.45) is 11.5 Å². The first-order chi connectivity index (χ1) is 18.1. The van der Waals surface area contributed by atoms with Crippen LogP contribution in [-0.4, -0.2) is 12.1 Å². The molecule has 0 aliphatic heterocycles. The highest BCUT2D eigenvalue weighted by molar-refractivity contribution is 6.31. The number of benzene rings is 4. The summed E-state index contributed by atoms with van der Waals surface area (Å²) in [6, 6.07) is 31.8. The van der Waals surface area contributed by atoms with E-state index in [-0.39, 0.29) is 48.7 Å². The third-order valence-electron chi connectivity index (χ3n) is 6.60. The van der Waals surface area contributed by atoms with E-state index in [4.69, 9.17) is 57.9 Å². The third kappa shape index (κ3) is 11.8. The normalized spacial score (nSPS) is 13.4. The van der Waals surface area contributed by atoms with Crippen molar-refractivity contribution in [3.8, 4) is 0 Å². The fraction of sp³-hybridized carbons (Fsp3) is 0.250. The average molecular weight is 661 g/mol. The Bertz CT molecular complexity index is 1140. The van der Waals surface area contributed by atoms with Crippen molar-refractivity contribution in [1.29, 1.82) is 0 Å². The Kier molecular flexibility index (Phi) is 16.6. The Hall–Kier alpha value is -1.46. The molecule has 216 valence electrons. The zero-order valence-electron chi connectivity index (χ0n) is 22.4. The maximum Gasteiger partial charge on any atom is 0.0406 e. The number of nitrogens with two attached hydrogens (primary N) is 2. The zero-order valence-corrected chi connectivity index (χ0v) is 27.1. The minimum Gasteiger partial charge on any atom is -0.327 e. The second kappa shape index (κ2) is 18.2. The van der Waals surface area contributed by atoms with Crippen LogP contribution in [0.5, 0.6) is 0 Å². The third-order valence-corrected chi connectivity index (χ3v) is 7.61. The van der Waals surface area contributed by atoms with Crippen LogP contribution in [0.25, 0.3) is 0 Å². The van der Waals surface area contributed by atoms with Crippen LogP contribution >= 0.6 is 71.2 Å². The van der Waals surface area contributed by atoms with E-state index in [0.29, 0.717) is 0 Å². The summed E-state index contributed by atoms with van der Waals surface area (Å²) in [5.41, 5.74) is 17.2. The van der Waals surface area contributed by atoms with Crippen molar-refractivity contribution in [3.63, 3.8) is 0 Å². The second-order valence-electron chi connectivity index (χ2n) is 9.70. The molecule has 2 nitrogen and oxygen atoms in total. The molecule has 8 heteroatoms. The molecule has 4 aromatic carbocycles. The van der Waals surface area contributed by atoms with Crippen LogP contribution in [0, 0.1) is 0 Å². The molecule has 40 heavy (non-hydrogen) atoms. The molecule has 0 amide bonds. The van der Waals surface area contributed by atoms with E-state index in [1.165, 1.54) is 22.3 Å². The standard InChI is InChI=1S/2C16H17Cl2N.2ClH/c2*1-11(19)16(13-4-8-15(18)9-5-13)10-12-2-6-14(17)7-3-12;;/h2*2-9,11,16H,10,19H2,1H3;2*1H. The predicted molar refractivity (Wildman–Crippen MR) is 180 cm³/mol. The smallest absolute Gasteiger partial charge is 0.0406 e. The van der Waals surface area contributed by atoms with Crippen LogP contribution in [0.3, 0.4) is 0 Å². The second-order valence-corrected chi connectivity index (χ2v) is 11.4. The molecule has 4 aromatic rings. The molecule has 4 unspecified atom stereocenters. The van der Waals surface area contributed by atoms with Gasteiger partial charge >= 0.3 is 0 Å². The lowest BCUT2D eigenvalue weighted by Crippen LogP contribution is -2.26. The highest BCUT2D eigenvalue weighted by atomic mass is 35.5. The van der Waals surface area contributed by atoms with E-state index in [1.807, 2.05) is 111 Å². The summed E-state index contributed by atoms with van der Waals surface area (Å²) in [6.45, 7) is 4.07. The van der Waals surface area contributed by atoms with Crippen molar-refractivity contribution in [2.75, 3.05) is 0 Å². The quantitative estimate of drug-likeness (QED) is 0.198. The number of hydrogen-bond donors (Lipinski definition) is 2. The van der Waals surface area contributed by atoms with E-state index in [9.17, 15) is 0 Å². The molecule has 4 rings (SSSR count). The first-order valence-corrected chi connectivity index (χ1v) is 14.1. The van der Waals surface area contributed by atoms with E-state index < -0.39 is 0 Å². The monoisotopic (exact) mass is 658 g/mol. The van der Waals surface area contributed by atoms with Crippen LogP contribution < -0.4 is 11.5 Å². The van der Waals surface area contributed by atoms with E-state index in [0.717, 1.165) is 32.9 Å². The van der Waals surface area contributed by atoms with E-state index in [1.54, 1.807) is 0 Å². The number of hydrogen-bond acceptors (Lipinski definition) is 2. The van der Waals surface area contributed by atoms with Gasteiger partial charge in [-0.15, -0.1) is 24.8 Å². The average Bonchev–Trinajstić information content (AvgIpc) is 2.89. The van der Waals surface area contributed by atoms with Crippen molar-refractivity contribution in [2.45, 2.75) is 50.6 Å². The number of halogens is 6. The summed E-state index contributed by atoms with van der Waals surface area (Å²) in [6.07, 6.45) is 1.80. The molecule has 0 bridgehead atoms. The van der Waals surface area contributed by atoms with Gasteiger partial charge in [-0.3, -0.25) is 0 Å². The minimum atomic E-state index is 0. The summed E-state index contributed by atoms with van der Waals surface area (Å²) in [5, 5.41) is 3.01. The van der Waals surface area contributed by atoms with Gasteiger partial charge in [-0.05, 0) is 97.5 Å². The minimum absolute atomic E-state index is 0. The van der Waals surface area contributed by atoms with Crippen molar-refractivity contribution >= 4 is 71.2 Å². The van der Waals surface area contributed by atoms with Gasteiger partial charge in [-0.25, -0.2) is 0 Å². The summed E-state index contributed by atoms with van der Waals surface area (Å²) >= 11 is 23.7. The lowest BCUT2D eigenvalue weighted by atomic mass is 9.87. The lowest BCUT2D eigenvalue weighted by Gasteiger charge is -2.21. The number of rotatable bonds is 8. The maximum atomic E-state index is 6.13. The Balaban J connectivity index is 0.000000381. The molecule has 0 spiro atoms. The van der Waals surface area contributed by atoms with Gasteiger partial charge in [-0.1, -0.05) is 94.9 Å². The molecule has 4 N–H and O–H groups in total. The molecule has 0 aliphatic rings. The van der Waals surface area contributed by atoms with E-state index >= 15 is 0 Å². The van der Waals surface area contributed by atoms with Crippen LogP contribution in [0.2, 0.25) is 20.1 Å². The Morgan fingerprint density at radius 3 is 0.900 bits per heavy atom. The Morgan fingerprint density at radius 1 is 0.450 bits per heavy atom. The topological polar surface area (TPSA) is 52.0 Å². The molecule has 0 aromatic heterocycles. The Morgan fingerprint density at radius 2 is 0.675 bits per heavy atom. The van der Waals surface area contributed by atoms with Crippen molar-refractivity contribution in [3.05, 3.63) is 139 Å². The van der Waals surface area contributed by atoms with Crippen molar-refractivity contribution in [1.82, 2.24) is 0 Å². The summed E-state index contributed by atoms with van der Waals surface area (Å²) in [7, 11) is 0. The van der Waals surface area contributed by atoms with Gasteiger partial charge in [-0.2, -0.15) is 0 Å². The van der Waals surface area contributed by atoms with Crippen LogP contribution in [0.15, 0.2) is 97.1 Å². The highest BCUT2D eigenvalue weighted by Crippen LogP contribution is 2.27. The predicted octanol–water partition coefficient (Wildman–Crippen LogP) is 10.2. The van der Waals surface area contributed by atoms with E-state index in [2.05, 4.69) is 0 Å². The zero-order chi connectivity index (χ0) is 27.7. The molecular weight excluding hydrogens is 625 g/mol. The Labute approximate surface area is 271 Å². The molecule has 0 saturated carbocycles. The first-order valence-electron chi connectivity index (χ1n) is 12.6. The fourth-order valence-corrected chi connectivity index (χ4v) is 4.89. The SMILES string of the molecule is CC(N)C(Cc1ccc(Cl)cc1)c1ccc(Cl)cc1.CC(N)C(Cc1ccc(Cl)cc1)c1ccc(Cl)cc1.Cl.Cl. The van der Waals surface area contributed by atoms with Gasteiger partial charge < -0.3 is 11.5 Å². The summed E-state index contributed by atoms with van der Waals surface area (Å²) < 4.78 is 0. The van der Waals surface area contributed by atoms with Gasteiger partial charge in [0.2, 0.25) is 0 Å². The van der Waals surface area contributed by atoms with Crippen LogP contribution in [0.1, 0.15) is 47.9 Å². The molecule has 4 atom stereocenters. The van der Waals surface area contributed by atoms with Crippen LogP contribution in [-0.2, 0) is 12.8 Å². The van der Waals surface area contributed by atoms with Gasteiger partial charge in [0.05, 0.1) is 0 Å². The molecule has 0 fully saturated rings. The highest BCUT2D eigenvalue weighted by Gasteiger charge is 2.18. The first kappa shape index (κ1) is 36.6. The van der Waals surface area contributed by atoms with Gasteiger partial charge in [0.25, 0.3) is 0 Å². The maximum absolute atomic E-state index is 6.13. The lowest BCUT2D eigenvalue weighted by molar-refractivity contribution is 0.565. The summed E-state index contributed by atoms with van der Waals surface area (Å²) in [5.74, 6) is 0.553. The fourth-order valence-electron chi connectivity index (χ4n) is 4.38. The van der Waals surface area contributed by atoms with Gasteiger partial charge in [0.15, 0.2) is 0 Å². The molecular formula is C32H36Cl6N2. The molecule has 0 saturated heterocycles. The van der Waals surface area contributed by atoms with Gasteiger partial charge in [0.1, 0.15) is 0 Å². The largest absolute Gasteiger partial charge is 0.327 e. The van der Waals surface area contributed by atoms with Gasteiger partial charge in [0, 0.05) is 44.0 Å². The molecule has 0 radical (unpaired) electrons. The molecule has 0 aliphatic carbocycles. The summed E-state index contributed by atoms with van der Waals surface area (Å²) in [4.78, 5) is 0. The molecule has 0 heterocycles.